The molecule has 2 aliphatic carbocycles. The Hall–Kier alpha value is -1.35. The van der Waals surface area contributed by atoms with E-state index in [1.54, 1.807) is 0 Å². The predicted octanol–water partition coefficient (Wildman–Crippen LogP) is 3.37. The molecule has 6 rings (SSSR count). The number of anilines is 1. The van der Waals surface area contributed by atoms with Crippen LogP contribution in [-0.4, -0.2) is 27.8 Å². The van der Waals surface area contributed by atoms with Crippen LogP contribution in [0.4, 0.5) is 5.69 Å². The average molecular weight is 308 g/mol. The van der Waals surface area contributed by atoms with Crippen LogP contribution >= 0.6 is 0 Å². The number of carbonyl (C=O) groups excluding carboxylic acids is 1. The molecular formula is C20H24N2O. The summed E-state index contributed by atoms with van der Waals surface area (Å²) in [5, 5.41) is 3.96. The fraction of sp³-hybridized carbons (Fsp3) is 0.650. The lowest BCUT2D eigenvalue weighted by Crippen LogP contribution is -2.72. The molecule has 0 aromatic heterocycles. The number of fused-ring (bicyclic) bond motifs is 4. The minimum atomic E-state index is -0.0223. The summed E-state index contributed by atoms with van der Waals surface area (Å²) >= 11 is 0. The van der Waals surface area contributed by atoms with E-state index < -0.39 is 0 Å². The Morgan fingerprint density at radius 2 is 2.00 bits per heavy atom. The molecule has 3 heterocycles. The van der Waals surface area contributed by atoms with E-state index in [-0.39, 0.29) is 22.4 Å². The Kier molecular flexibility index (Phi) is 1.90. The van der Waals surface area contributed by atoms with Gasteiger partial charge in [0.15, 0.2) is 0 Å². The number of piperidine rings is 2. The number of benzene rings is 1. The highest BCUT2D eigenvalue weighted by atomic mass is 16.1. The highest BCUT2D eigenvalue weighted by Crippen LogP contribution is 2.76. The van der Waals surface area contributed by atoms with Gasteiger partial charge in [0.1, 0.15) is 5.78 Å². The van der Waals surface area contributed by atoms with Crippen molar-refractivity contribution >= 4 is 11.5 Å². The second-order valence-corrected chi connectivity index (χ2v) is 9.37. The van der Waals surface area contributed by atoms with Gasteiger partial charge < -0.3 is 5.32 Å². The van der Waals surface area contributed by atoms with Crippen molar-refractivity contribution in [1.29, 1.82) is 0 Å². The molecule has 120 valence electrons. The Morgan fingerprint density at radius 1 is 1.22 bits per heavy atom. The van der Waals surface area contributed by atoms with E-state index in [2.05, 4.69) is 55.3 Å². The van der Waals surface area contributed by atoms with Crippen molar-refractivity contribution in [1.82, 2.24) is 4.90 Å². The molecule has 0 radical (unpaired) electrons. The fourth-order valence-corrected chi connectivity index (χ4v) is 7.57. The number of nitrogens with one attached hydrogen (secondary N) is 1. The number of carbonyl (C=O) groups is 1. The van der Waals surface area contributed by atoms with E-state index in [4.69, 9.17) is 0 Å². The van der Waals surface area contributed by atoms with Crippen molar-refractivity contribution in [3.05, 3.63) is 29.8 Å². The summed E-state index contributed by atoms with van der Waals surface area (Å²) in [4.78, 5) is 15.7. The highest BCUT2D eigenvalue weighted by molar-refractivity contribution is 5.86. The van der Waals surface area contributed by atoms with Gasteiger partial charge in [0, 0.05) is 35.0 Å². The van der Waals surface area contributed by atoms with Crippen molar-refractivity contribution in [2.24, 2.45) is 17.3 Å². The summed E-state index contributed by atoms with van der Waals surface area (Å²) in [7, 11) is 0. The molecule has 1 aromatic carbocycles. The van der Waals surface area contributed by atoms with Gasteiger partial charge in [0.05, 0.1) is 11.6 Å². The SMILES string of the molecule is CC1(C)C2CC3C4CC5(Nc6ccccc6C5N41)[C@@]3(C)CC2=O. The van der Waals surface area contributed by atoms with Crippen molar-refractivity contribution in [3.63, 3.8) is 0 Å². The van der Waals surface area contributed by atoms with Crippen molar-refractivity contribution in [2.45, 2.75) is 63.2 Å². The number of nitrogens with zero attached hydrogens (tertiary/aromatic N) is 1. The molecule has 6 atom stereocenters. The highest BCUT2D eigenvalue weighted by Gasteiger charge is 2.80. The third-order valence-electron chi connectivity index (χ3n) is 8.49. The summed E-state index contributed by atoms with van der Waals surface area (Å²) in [5.41, 5.74) is 2.91. The van der Waals surface area contributed by atoms with E-state index in [0.717, 1.165) is 12.8 Å². The minimum absolute atomic E-state index is 0.0223. The topological polar surface area (TPSA) is 32.3 Å². The normalized spacial score (nSPS) is 50.8. The zero-order valence-corrected chi connectivity index (χ0v) is 14.1. The maximum absolute atomic E-state index is 13.0. The largest absolute Gasteiger partial charge is 0.377 e. The zero-order chi connectivity index (χ0) is 15.8. The Bertz CT molecular complexity index is 771. The van der Waals surface area contributed by atoms with Gasteiger partial charge in [0.25, 0.3) is 0 Å². The first-order chi connectivity index (χ1) is 10.9. The second kappa shape index (κ2) is 3.37. The van der Waals surface area contributed by atoms with Crippen LogP contribution < -0.4 is 5.32 Å². The number of para-hydroxylation sites is 1. The first-order valence-electron chi connectivity index (χ1n) is 9.08. The van der Waals surface area contributed by atoms with Crippen LogP contribution in [0, 0.1) is 17.3 Å². The standard InChI is InChI=1S/C20H24N2O/c1-18(2)13-8-12-15-9-20(19(12,3)10-16(13)23)17(22(15)18)11-6-4-5-7-14(11)21-20/h4-7,12-13,15,17,21H,8-10H2,1-3H3/t12?,13?,15?,17?,19-,20?/m0/s1. The lowest BCUT2D eigenvalue weighted by Gasteiger charge is -2.65. The molecule has 3 heteroatoms. The van der Waals surface area contributed by atoms with Gasteiger partial charge >= 0.3 is 0 Å². The predicted molar refractivity (Wildman–Crippen MR) is 89.2 cm³/mol. The Labute approximate surface area is 137 Å². The molecule has 23 heavy (non-hydrogen) atoms. The molecule has 4 bridgehead atoms. The van der Waals surface area contributed by atoms with Gasteiger partial charge in [0.2, 0.25) is 0 Å². The van der Waals surface area contributed by atoms with Crippen LogP contribution in [-0.2, 0) is 4.79 Å². The molecule has 3 aliphatic heterocycles. The molecule has 0 amide bonds. The van der Waals surface area contributed by atoms with Gasteiger partial charge in [-0.2, -0.15) is 0 Å². The summed E-state index contributed by atoms with van der Waals surface area (Å²) < 4.78 is 0. The lowest BCUT2D eigenvalue weighted by atomic mass is 9.50. The fourth-order valence-electron chi connectivity index (χ4n) is 7.57. The van der Waals surface area contributed by atoms with Crippen molar-refractivity contribution < 1.29 is 4.79 Å². The van der Waals surface area contributed by atoms with E-state index in [0.29, 0.717) is 23.8 Å². The van der Waals surface area contributed by atoms with Gasteiger partial charge in [-0.05, 0) is 44.2 Å². The molecule has 2 saturated carbocycles. The van der Waals surface area contributed by atoms with Gasteiger partial charge in [-0.15, -0.1) is 0 Å². The molecule has 1 aromatic rings. The monoisotopic (exact) mass is 308 g/mol. The van der Waals surface area contributed by atoms with Crippen molar-refractivity contribution in [2.75, 3.05) is 5.32 Å². The third kappa shape index (κ3) is 1.08. The van der Waals surface area contributed by atoms with Crippen LogP contribution in [0.15, 0.2) is 24.3 Å². The summed E-state index contributed by atoms with van der Waals surface area (Å²) in [6, 6.07) is 9.92. The summed E-state index contributed by atoms with van der Waals surface area (Å²) in [5.74, 6) is 1.41. The number of ketones is 1. The second-order valence-electron chi connectivity index (χ2n) is 9.37. The maximum atomic E-state index is 13.0. The first kappa shape index (κ1) is 13.0. The van der Waals surface area contributed by atoms with Crippen LogP contribution in [0.5, 0.6) is 0 Å². The maximum Gasteiger partial charge on any atom is 0.138 e. The average Bonchev–Trinajstić information content (AvgIpc) is 3.06. The number of hydrogen-bond acceptors (Lipinski definition) is 3. The summed E-state index contributed by atoms with van der Waals surface area (Å²) in [6.45, 7) is 7.06. The minimum Gasteiger partial charge on any atom is -0.377 e. The Morgan fingerprint density at radius 3 is 2.83 bits per heavy atom. The van der Waals surface area contributed by atoms with Gasteiger partial charge in [-0.3, -0.25) is 9.69 Å². The van der Waals surface area contributed by atoms with E-state index in [1.807, 2.05) is 0 Å². The summed E-state index contributed by atoms with van der Waals surface area (Å²) in [6.07, 6.45) is 3.08. The molecule has 2 saturated heterocycles. The zero-order valence-electron chi connectivity index (χ0n) is 14.1. The van der Waals surface area contributed by atoms with Gasteiger partial charge in [-0.25, -0.2) is 0 Å². The van der Waals surface area contributed by atoms with Crippen LogP contribution in [0.3, 0.4) is 0 Å². The van der Waals surface area contributed by atoms with E-state index >= 15 is 0 Å². The molecule has 5 unspecified atom stereocenters. The quantitative estimate of drug-likeness (QED) is 0.797. The third-order valence-corrected chi connectivity index (χ3v) is 8.49. The van der Waals surface area contributed by atoms with E-state index in [9.17, 15) is 4.79 Å². The van der Waals surface area contributed by atoms with Crippen LogP contribution in [0.1, 0.15) is 51.6 Å². The number of Topliss-reactive ketones (excluding diaryl/α,β-unsaturated/α-hetero) is 1. The van der Waals surface area contributed by atoms with Crippen LogP contribution in [0.25, 0.3) is 0 Å². The van der Waals surface area contributed by atoms with Crippen LogP contribution in [0.2, 0.25) is 0 Å². The van der Waals surface area contributed by atoms with Gasteiger partial charge in [-0.1, -0.05) is 25.1 Å². The van der Waals surface area contributed by atoms with Crippen molar-refractivity contribution in [3.8, 4) is 0 Å². The lowest BCUT2D eigenvalue weighted by molar-refractivity contribution is -0.175. The smallest absolute Gasteiger partial charge is 0.138 e. The molecular weight excluding hydrogens is 284 g/mol. The molecule has 4 fully saturated rings. The molecule has 1 N–H and O–H groups in total. The molecule has 5 aliphatic rings. The first-order valence-corrected chi connectivity index (χ1v) is 9.08. The molecule has 1 spiro atoms. The van der Waals surface area contributed by atoms with E-state index in [1.165, 1.54) is 17.7 Å². The number of hydrogen-bond donors (Lipinski definition) is 1. The number of rotatable bonds is 0. The molecule has 3 nitrogen and oxygen atoms in total. The Balaban J connectivity index is 1.67.